The SMILES string of the molecule is CC(O)c1csc(NC(=O)c2ccc(N(C)C)cc2)n1. The summed E-state index contributed by atoms with van der Waals surface area (Å²) >= 11 is 1.30. The van der Waals surface area contributed by atoms with Gasteiger partial charge in [-0.2, -0.15) is 0 Å². The highest BCUT2D eigenvalue weighted by atomic mass is 32.1. The molecule has 0 spiro atoms. The van der Waals surface area contributed by atoms with E-state index in [9.17, 15) is 9.90 Å². The molecule has 6 heteroatoms. The molecule has 2 N–H and O–H groups in total. The molecule has 2 aromatic rings. The molecule has 1 heterocycles. The van der Waals surface area contributed by atoms with E-state index in [1.165, 1.54) is 11.3 Å². The molecule has 0 aliphatic heterocycles. The molecule has 1 amide bonds. The third kappa shape index (κ3) is 3.34. The number of aromatic nitrogens is 1. The van der Waals surface area contributed by atoms with Crippen LogP contribution in [-0.2, 0) is 0 Å². The van der Waals surface area contributed by atoms with Gasteiger partial charge in [0.15, 0.2) is 5.13 Å². The third-order valence-electron chi connectivity index (χ3n) is 2.82. The molecule has 2 rings (SSSR count). The molecular weight excluding hydrogens is 274 g/mol. The van der Waals surface area contributed by atoms with Crippen molar-refractivity contribution in [2.45, 2.75) is 13.0 Å². The highest BCUT2D eigenvalue weighted by Gasteiger charge is 2.11. The van der Waals surface area contributed by atoms with Crippen LogP contribution < -0.4 is 10.2 Å². The number of nitrogens with one attached hydrogen (secondary N) is 1. The van der Waals surface area contributed by atoms with Crippen molar-refractivity contribution in [1.82, 2.24) is 4.98 Å². The maximum atomic E-state index is 12.1. The summed E-state index contributed by atoms with van der Waals surface area (Å²) in [6.45, 7) is 1.64. The fourth-order valence-corrected chi connectivity index (χ4v) is 2.41. The summed E-state index contributed by atoms with van der Waals surface area (Å²) in [5.41, 5.74) is 2.17. The number of hydrogen-bond donors (Lipinski definition) is 2. The topological polar surface area (TPSA) is 65.5 Å². The predicted octanol–water partition coefficient (Wildman–Crippen LogP) is 2.51. The van der Waals surface area contributed by atoms with Crippen LogP contribution in [0.15, 0.2) is 29.6 Å². The van der Waals surface area contributed by atoms with Gasteiger partial charge in [-0.15, -0.1) is 11.3 Å². The second-order valence-corrected chi connectivity index (χ2v) is 5.51. The summed E-state index contributed by atoms with van der Waals surface area (Å²) < 4.78 is 0. The van der Waals surface area contributed by atoms with Crippen LogP contribution in [-0.4, -0.2) is 30.1 Å². The van der Waals surface area contributed by atoms with Crippen molar-refractivity contribution in [3.8, 4) is 0 Å². The van der Waals surface area contributed by atoms with Gasteiger partial charge >= 0.3 is 0 Å². The van der Waals surface area contributed by atoms with Gasteiger partial charge in [0, 0.05) is 30.7 Å². The zero-order chi connectivity index (χ0) is 14.7. The second kappa shape index (κ2) is 6.02. The smallest absolute Gasteiger partial charge is 0.257 e. The molecule has 20 heavy (non-hydrogen) atoms. The van der Waals surface area contributed by atoms with Crippen LogP contribution in [0.25, 0.3) is 0 Å². The molecule has 0 saturated carbocycles. The predicted molar refractivity (Wildman–Crippen MR) is 81.5 cm³/mol. The maximum absolute atomic E-state index is 12.1. The summed E-state index contributed by atoms with van der Waals surface area (Å²) in [7, 11) is 3.89. The lowest BCUT2D eigenvalue weighted by Gasteiger charge is -2.12. The van der Waals surface area contributed by atoms with Crippen LogP contribution in [0.1, 0.15) is 29.1 Å². The Morgan fingerprint density at radius 2 is 2.00 bits per heavy atom. The zero-order valence-electron chi connectivity index (χ0n) is 11.6. The highest BCUT2D eigenvalue weighted by molar-refractivity contribution is 7.14. The van der Waals surface area contributed by atoms with E-state index in [2.05, 4.69) is 10.3 Å². The molecule has 5 nitrogen and oxygen atoms in total. The van der Waals surface area contributed by atoms with Crippen LogP contribution in [0.5, 0.6) is 0 Å². The van der Waals surface area contributed by atoms with Crippen LogP contribution in [0.3, 0.4) is 0 Å². The van der Waals surface area contributed by atoms with Crippen LogP contribution in [0.4, 0.5) is 10.8 Å². The van der Waals surface area contributed by atoms with E-state index in [0.29, 0.717) is 16.4 Å². The van der Waals surface area contributed by atoms with Gasteiger partial charge in [0.2, 0.25) is 0 Å². The average Bonchev–Trinajstić information content (AvgIpc) is 2.87. The first-order chi connectivity index (χ1) is 9.47. The summed E-state index contributed by atoms with van der Waals surface area (Å²) in [5, 5.41) is 14.3. The van der Waals surface area contributed by atoms with Gasteiger partial charge in [0.1, 0.15) is 0 Å². The molecule has 1 unspecified atom stereocenters. The second-order valence-electron chi connectivity index (χ2n) is 4.65. The van der Waals surface area contributed by atoms with Gasteiger partial charge in [0.05, 0.1) is 11.8 Å². The molecule has 0 fully saturated rings. The van der Waals surface area contributed by atoms with Crippen LogP contribution in [0, 0.1) is 0 Å². The molecule has 1 aromatic heterocycles. The third-order valence-corrected chi connectivity index (χ3v) is 3.59. The number of carbonyl (C=O) groups excluding carboxylic acids is 1. The minimum absolute atomic E-state index is 0.207. The Balaban J connectivity index is 2.07. The molecule has 0 radical (unpaired) electrons. The summed E-state index contributed by atoms with van der Waals surface area (Å²) in [5.74, 6) is -0.207. The molecule has 106 valence electrons. The fourth-order valence-electron chi connectivity index (χ4n) is 1.62. The largest absolute Gasteiger partial charge is 0.387 e. The lowest BCUT2D eigenvalue weighted by molar-refractivity contribution is 0.102. The van der Waals surface area contributed by atoms with Crippen LogP contribution in [0.2, 0.25) is 0 Å². The van der Waals surface area contributed by atoms with E-state index < -0.39 is 6.10 Å². The van der Waals surface area contributed by atoms with E-state index in [4.69, 9.17) is 0 Å². The van der Waals surface area contributed by atoms with Gasteiger partial charge in [-0.1, -0.05) is 0 Å². The molecular formula is C14H17N3O2S. The van der Waals surface area contributed by atoms with Crippen molar-refractivity contribution in [2.75, 3.05) is 24.3 Å². The molecule has 1 aromatic carbocycles. The molecule has 0 bridgehead atoms. The lowest BCUT2D eigenvalue weighted by atomic mass is 10.2. The Hall–Kier alpha value is -1.92. The first-order valence-electron chi connectivity index (χ1n) is 6.19. The summed E-state index contributed by atoms with van der Waals surface area (Å²) in [6.07, 6.45) is -0.628. The summed E-state index contributed by atoms with van der Waals surface area (Å²) in [6, 6.07) is 7.32. The minimum atomic E-state index is -0.628. The number of rotatable bonds is 4. The fraction of sp³-hybridized carbons (Fsp3) is 0.286. The van der Waals surface area contributed by atoms with E-state index >= 15 is 0 Å². The van der Waals surface area contributed by atoms with E-state index in [-0.39, 0.29) is 5.91 Å². The lowest BCUT2D eigenvalue weighted by Crippen LogP contribution is -2.13. The first kappa shape index (κ1) is 14.5. The van der Waals surface area contributed by atoms with Gasteiger partial charge in [-0.25, -0.2) is 4.98 Å². The van der Waals surface area contributed by atoms with Gasteiger partial charge in [-0.3, -0.25) is 10.1 Å². The van der Waals surface area contributed by atoms with Crippen molar-refractivity contribution in [2.24, 2.45) is 0 Å². The number of aliphatic hydroxyl groups is 1. The van der Waals surface area contributed by atoms with Gasteiger partial charge < -0.3 is 10.0 Å². The van der Waals surface area contributed by atoms with Gasteiger partial charge in [-0.05, 0) is 31.2 Å². The molecule has 0 aliphatic rings. The van der Waals surface area contributed by atoms with Crippen LogP contribution >= 0.6 is 11.3 Å². The molecule has 0 aliphatic carbocycles. The Bertz CT molecular complexity index is 591. The quantitative estimate of drug-likeness (QED) is 0.908. The number of thiazole rings is 1. The summed E-state index contributed by atoms with van der Waals surface area (Å²) in [4.78, 5) is 18.2. The standard InChI is InChI=1S/C14H17N3O2S/c1-9(18)12-8-20-14(15-12)16-13(19)10-4-6-11(7-5-10)17(2)3/h4-9,18H,1-3H3,(H,15,16,19). The Labute approximate surface area is 121 Å². The van der Waals surface area contributed by atoms with Gasteiger partial charge in [0.25, 0.3) is 5.91 Å². The number of anilines is 2. The minimum Gasteiger partial charge on any atom is -0.387 e. The van der Waals surface area contributed by atoms with Crippen molar-refractivity contribution in [3.63, 3.8) is 0 Å². The Morgan fingerprint density at radius 3 is 2.50 bits per heavy atom. The number of nitrogens with zero attached hydrogens (tertiary/aromatic N) is 2. The normalized spacial score (nSPS) is 12.0. The Morgan fingerprint density at radius 1 is 1.35 bits per heavy atom. The monoisotopic (exact) mass is 291 g/mol. The molecule has 1 atom stereocenters. The first-order valence-corrected chi connectivity index (χ1v) is 7.07. The van der Waals surface area contributed by atoms with Crippen molar-refractivity contribution >= 4 is 28.1 Å². The van der Waals surface area contributed by atoms with E-state index in [1.807, 2.05) is 31.1 Å². The van der Waals surface area contributed by atoms with Crippen molar-refractivity contribution in [1.29, 1.82) is 0 Å². The number of carbonyl (C=O) groups is 1. The van der Waals surface area contributed by atoms with Crippen molar-refractivity contribution < 1.29 is 9.90 Å². The maximum Gasteiger partial charge on any atom is 0.257 e. The average molecular weight is 291 g/mol. The van der Waals surface area contributed by atoms with Crippen molar-refractivity contribution in [3.05, 3.63) is 40.9 Å². The number of amides is 1. The number of aliphatic hydroxyl groups excluding tert-OH is 1. The highest BCUT2D eigenvalue weighted by Crippen LogP contribution is 2.21. The van der Waals surface area contributed by atoms with E-state index in [1.54, 1.807) is 24.4 Å². The number of benzene rings is 1. The molecule has 0 saturated heterocycles. The number of hydrogen-bond acceptors (Lipinski definition) is 5. The van der Waals surface area contributed by atoms with E-state index in [0.717, 1.165) is 5.69 Å². The zero-order valence-corrected chi connectivity index (χ0v) is 12.4. The Kier molecular flexibility index (Phi) is 4.36.